The van der Waals surface area contributed by atoms with Gasteiger partial charge in [0, 0.05) is 37.7 Å². The van der Waals surface area contributed by atoms with Crippen LogP contribution in [0, 0.1) is 0 Å². The number of nitrogens with zero attached hydrogens (tertiary/aromatic N) is 2. The van der Waals surface area contributed by atoms with Crippen LogP contribution in [-0.2, 0) is 14.9 Å². The van der Waals surface area contributed by atoms with E-state index in [-0.39, 0.29) is 5.92 Å². The molecule has 2 heterocycles. The molecule has 1 unspecified atom stereocenters. The van der Waals surface area contributed by atoms with Crippen LogP contribution in [0.3, 0.4) is 0 Å². The summed E-state index contributed by atoms with van der Waals surface area (Å²) < 4.78 is 44.7. The van der Waals surface area contributed by atoms with E-state index in [1.807, 2.05) is 18.2 Å². The lowest BCUT2D eigenvalue weighted by molar-refractivity contribution is 0.0705. The van der Waals surface area contributed by atoms with Gasteiger partial charge < -0.3 is 14.2 Å². The SMILES string of the molecule is COc1cccc(C2CCN(S(=O)(=O)N3CCOCC3)C2)c1OC. The van der Waals surface area contributed by atoms with Crippen LogP contribution in [0.25, 0.3) is 0 Å². The molecule has 1 aromatic rings. The zero-order chi connectivity index (χ0) is 17.2. The number of benzene rings is 1. The van der Waals surface area contributed by atoms with Crippen molar-refractivity contribution < 1.29 is 22.6 Å². The molecule has 24 heavy (non-hydrogen) atoms. The average molecular weight is 356 g/mol. The van der Waals surface area contributed by atoms with E-state index in [9.17, 15) is 8.42 Å². The number of ether oxygens (including phenoxy) is 3. The van der Waals surface area contributed by atoms with Crippen LogP contribution in [0.15, 0.2) is 18.2 Å². The Morgan fingerprint density at radius 1 is 1.08 bits per heavy atom. The molecule has 0 N–H and O–H groups in total. The number of hydrogen-bond donors (Lipinski definition) is 0. The lowest BCUT2D eigenvalue weighted by Crippen LogP contribution is -2.47. The maximum absolute atomic E-state index is 12.8. The molecule has 2 aliphatic rings. The molecule has 7 nitrogen and oxygen atoms in total. The van der Waals surface area contributed by atoms with Gasteiger partial charge in [-0.15, -0.1) is 0 Å². The predicted molar refractivity (Wildman–Crippen MR) is 89.8 cm³/mol. The topological polar surface area (TPSA) is 68.3 Å². The number of methoxy groups -OCH3 is 2. The second-order valence-corrected chi connectivity index (χ2v) is 7.87. The summed E-state index contributed by atoms with van der Waals surface area (Å²) in [5, 5.41) is 0. The van der Waals surface area contributed by atoms with Crippen molar-refractivity contribution in [1.82, 2.24) is 8.61 Å². The molecule has 2 aliphatic heterocycles. The first-order chi connectivity index (χ1) is 11.6. The minimum Gasteiger partial charge on any atom is -0.493 e. The maximum Gasteiger partial charge on any atom is 0.282 e. The Morgan fingerprint density at radius 2 is 1.83 bits per heavy atom. The van der Waals surface area contributed by atoms with E-state index in [1.165, 1.54) is 4.31 Å². The van der Waals surface area contributed by atoms with Crippen molar-refractivity contribution in [2.45, 2.75) is 12.3 Å². The molecule has 0 spiro atoms. The summed E-state index contributed by atoms with van der Waals surface area (Å²) in [7, 11) is -0.211. The Bertz CT molecular complexity index is 673. The lowest BCUT2D eigenvalue weighted by Gasteiger charge is -2.30. The van der Waals surface area contributed by atoms with E-state index in [2.05, 4.69) is 0 Å². The first-order valence-corrected chi connectivity index (χ1v) is 9.51. The second-order valence-electron chi connectivity index (χ2n) is 5.95. The number of rotatable bonds is 5. The van der Waals surface area contributed by atoms with Crippen LogP contribution in [0.2, 0.25) is 0 Å². The smallest absolute Gasteiger partial charge is 0.282 e. The number of hydrogen-bond acceptors (Lipinski definition) is 5. The summed E-state index contributed by atoms with van der Waals surface area (Å²) in [5.41, 5.74) is 0.997. The highest BCUT2D eigenvalue weighted by Crippen LogP contribution is 2.39. The van der Waals surface area contributed by atoms with E-state index in [4.69, 9.17) is 14.2 Å². The fraction of sp³-hybridized carbons (Fsp3) is 0.625. The van der Waals surface area contributed by atoms with Crippen LogP contribution >= 0.6 is 0 Å². The largest absolute Gasteiger partial charge is 0.493 e. The molecule has 1 atom stereocenters. The lowest BCUT2D eigenvalue weighted by atomic mass is 9.97. The van der Waals surface area contributed by atoms with Crippen molar-refractivity contribution in [3.05, 3.63) is 23.8 Å². The van der Waals surface area contributed by atoms with Gasteiger partial charge in [0.15, 0.2) is 11.5 Å². The summed E-state index contributed by atoms with van der Waals surface area (Å²) in [5.74, 6) is 1.46. The fourth-order valence-corrected chi connectivity index (χ4v) is 5.01. The van der Waals surface area contributed by atoms with Gasteiger partial charge in [-0.2, -0.15) is 17.0 Å². The van der Waals surface area contributed by atoms with Crippen molar-refractivity contribution in [2.24, 2.45) is 0 Å². The molecular formula is C16H24N2O5S. The van der Waals surface area contributed by atoms with Gasteiger partial charge in [-0.3, -0.25) is 0 Å². The molecule has 0 radical (unpaired) electrons. The van der Waals surface area contributed by atoms with E-state index < -0.39 is 10.2 Å². The van der Waals surface area contributed by atoms with Gasteiger partial charge in [-0.05, 0) is 12.5 Å². The molecule has 0 amide bonds. The Hall–Kier alpha value is -1.35. The van der Waals surface area contributed by atoms with Crippen molar-refractivity contribution in [3.63, 3.8) is 0 Å². The van der Waals surface area contributed by atoms with Gasteiger partial charge in [0.25, 0.3) is 10.2 Å². The molecule has 0 aliphatic carbocycles. The third-order valence-corrected chi connectivity index (χ3v) is 6.65. The van der Waals surface area contributed by atoms with Gasteiger partial charge in [0.05, 0.1) is 27.4 Å². The van der Waals surface area contributed by atoms with Crippen molar-refractivity contribution in [2.75, 3.05) is 53.6 Å². The van der Waals surface area contributed by atoms with E-state index in [1.54, 1.807) is 18.5 Å². The first kappa shape index (κ1) is 17.5. The Balaban J connectivity index is 1.78. The van der Waals surface area contributed by atoms with Gasteiger partial charge in [0.1, 0.15) is 0 Å². The zero-order valence-corrected chi connectivity index (χ0v) is 14.9. The van der Waals surface area contributed by atoms with Gasteiger partial charge in [-0.25, -0.2) is 0 Å². The standard InChI is InChI=1S/C16H24N2O5S/c1-21-15-5-3-4-14(16(15)22-2)13-6-7-18(12-13)24(19,20)17-8-10-23-11-9-17/h3-5,13H,6-12H2,1-2H3. The highest BCUT2D eigenvalue weighted by molar-refractivity contribution is 7.86. The van der Waals surface area contributed by atoms with Crippen molar-refractivity contribution in [3.8, 4) is 11.5 Å². The van der Waals surface area contributed by atoms with Gasteiger partial charge >= 0.3 is 0 Å². The van der Waals surface area contributed by atoms with Gasteiger partial charge in [0.2, 0.25) is 0 Å². The highest BCUT2D eigenvalue weighted by atomic mass is 32.2. The molecule has 0 aromatic heterocycles. The first-order valence-electron chi connectivity index (χ1n) is 8.11. The normalized spacial score (nSPS) is 23.3. The summed E-state index contributed by atoms with van der Waals surface area (Å²) in [4.78, 5) is 0. The monoisotopic (exact) mass is 356 g/mol. The molecular weight excluding hydrogens is 332 g/mol. The van der Waals surface area contributed by atoms with E-state index >= 15 is 0 Å². The van der Waals surface area contributed by atoms with Gasteiger partial charge in [-0.1, -0.05) is 12.1 Å². The van der Waals surface area contributed by atoms with E-state index in [0.717, 1.165) is 12.0 Å². The minimum atomic E-state index is -3.42. The summed E-state index contributed by atoms with van der Waals surface area (Å²) >= 11 is 0. The molecule has 0 bridgehead atoms. The highest BCUT2D eigenvalue weighted by Gasteiger charge is 2.37. The fourth-order valence-electron chi connectivity index (χ4n) is 3.37. The maximum atomic E-state index is 12.8. The molecule has 134 valence electrons. The van der Waals surface area contributed by atoms with Crippen LogP contribution in [-0.4, -0.2) is 70.6 Å². The zero-order valence-electron chi connectivity index (χ0n) is 14.1. The van der Waals surface area contributed by atoms with Crippen LogP contribution in [0.4, 0.5) is 0 Å². The summed E-state index contributed by atoms with van der Waals surface area (Å²) in [6.07, 6.45) is 0.771. The summed E-state index contributed by atoms with van der Waals surface area (Å²) in [6, 6.07) is 5.74. The Labute approximate surface area is 143 Å². The molecule has 3 rings (SSSR count). The number of morpholine rings is 1. The van der Waals surface area contributed by atoms with Crippen molar-refractivity contribution in [1.29, 1.82) is 0 Å². The van der Waals surface area contributed by atoms with Crippen LogP contribution in [0.1, 0.15) is 17.9 Å². The van der Waals surface area contributed by atoms with Crippen molar-refractivity contribution >= 4 is 10.2 Å². The minimum absolute atomic E-state index is 0.103. The molecule has 8 heteroatoms. The summed E-state index contributed by atoms with van der Waals surface area (Å²) in [6.45, 7) is 2.74. The third-order valence-electron chi connectivity index (χ3n) is 4.65. The Kier molecular flexibility index (Phi) is 5.29. The molecule has 1 aromatic carbocycles. The average Bonchev–Trinajstić information content (AvgIpc) is 3.12. The van der Waals surface area contributed by atoms with E-state index in [0.29, 0.717) is 50.9 Å². The Morgan fingerprint density at radius 3 is 2.50 bits per heavy atom. The predicted octanol–water partition coefficient (Wildman–Crippen LogP) is 1.07. The third kappa shape index (κ3) is 3.23. The quantitative estimate of drug-likeness (QED) is 0.789. The molecule has 2 saturated heterocycles. The second kappa shape index (κ2) is 7.26. The number of para-hydroxylation sites is 1. The van der Waals surface area contributed by atoms with Crippen LogP contribution in [0.5, 0.6) is 11.5 Å². The van der Waals surface area contributed by atoms with Crippen LogP contribution < -0.4 is 9.47 Å². The molecule has 2 fully saturated rings. The molecule has 0 saturated carbocycles.